The molecule has 33 heavy (non-hydrogen) atoms. The van der Waals surface area contributed by atoms with Crippen LogP contribution >= 0.6 is 34.5 Å². The van der Waals surface area contributed by atoms with Gasteiger partial charge in [0.15, 0.2) is 5.69 Å². The SMILES string of the molecule is CC(C)(NC(=O)c1ncnc(N)c1Cl)c1ncc(C(=O)Nc2cc(C(F)(F)F)c(Cl)cn2)s1. The van der Waals surface area contributed by atoms with Crippen molar-refractivity contribution in [3.05, 3.63) is 56.0 Å². The Labute approximate surface area is 198 Å². The highest BCUT2D eigenvalue weighted by Gasteiger charge is 2.34. The van der Waals surface area contributed by atoms with Gasteiger partial charge in [0.05, 0.1) is 22.3 Å². The number of pyridine rings is 1. The first-order valence-corrected chi connectivity index (χ1v) is 10.5. The Balaban J connectivity index is 1.76. The molecule has 3 aromatic rings. The lowest BCUT2D eigenvalue weighted by atomic mass is 10.1. The van der Waals surface area contributed by atoms with Crippen molar-refractivity contribution >= 4 is 58.0 Å². The summed E-state index contributed by atoms with van der Waals surface area (Å²) in [4.78, 5) is 40.5. The molecule has 0 aliphatic rings. The number of amides is 2. The summed E-state index contributed by atoms with van der Waals surface area (Å²) in [6, 6.07) is 0.628. The lowest BCUT2D eigenvalue weighted by molar-refractivity contribution is -0.137. The lowest BCUT2D eigenvalue weighted by Crippen LogP contribution is -2.41. The van der Waals surface area contributed by atoms with Gasteiger partial charge in [0.2, 0.25) is 0 Å². The number of thiazole rings is 1. The van der Waals surface area contributed by atoms with Crippen LogP contribution in [0.1, 0.15) is 44.6 Å². The Morgan fingerprint density at radius 2 is 1.76 bits per heavy atom. The van der Waals surface area contributed by atoms with Crippen LogP contribution in [0.5, 0.6) is 0 Å². The summed E-state index contributed by atoms with van der Waals surface area (Å²) in [5.74, 6) is -1.79. The molecule has 2 amide bonds. The van der Waals surface area contributed by atoms with Gasteiger partial charge in [-0.3, -0.25) is 9.59 Å². The zero-order valence-electron chi connectivity index (χ0n) is 16.8. The molecular weight excluding hydrogens is 506 g/mol. The third-order valence-corrected chi connectivity index (χ3v) is 6.12. The van der Waals surface area contributed by atoms with Gasteiger partial charge in [-0.05, 0) is 19.9 Å². The summed E-state index contributed by atoms with van der Waals surface area (Å²) in [5, 5.41) is 4.58. The van der Waals surface area contributed by atoms with E-state index in [4.69, 9.17) is 28.9 Å². The summed E-state index contributed by atoms with van der Waals surface area (Å²) < 4.78 is 39.0. The van der Waals surface area contributed by atoms with Crippen molar-refractivity contribution in [3.63, 3.8) is 0 Å². The van der Waals surface area contributed by atoms with E-state index < -0.39 is 34.1 Å². The fourth-order valence-electron chi connectivity index (χ4n) is 2.51. The Morgan fingerprint density at radius 1 is 1.06 bits per heavy atom. The van der Waals surface area contributed by atoms with Crippen LogP contribution in [0.4, 0.5) is 24.8 Å². The van der Waals surface area contributed by atoms with Gasteiger partial charge in [-0.25, -0.2) is 19.9 Å². The van der Waals surface area contributed by atoms with E-state index in [0.717, 1.165) is 23.9 Å². The molecular formula is C18H14Cl2F3N7O2S. The number of carbonyl (C=O) groups is 2. The standard InChI is InChI=1S/C18H14Cl2F3N7O2S/c1-17(2,30-15(32)12-11(20)13(24)28-6-27-12)16-26-5-9(33-16)14(31)29-10-3-7(18(21,22)23)8(19)4-25-10/h3-6H,1-2H3,(H,30,32)(H2,24,27,28)(H,25,29,31). The Hall–Kier alpha value is -3.03. The smallest absolute Gasteiger partial charge is 0.382 e. The molecule has 0 atom stereocenters. The summed E-state index contributed by atoms with van der Waals surface area (Å²) in [7, 11) is 0. The molecule has 0 unspecified atom stereocenters. The van der Waals surface area contributed by atoms with E-state index in [-0.39, 0.29) is 27.2 Å². The van der Waals surface area contributed by atoms with Crippen LogP contribution in [-0.2, 0) is 11.7 Å². The van der Waals surface area contributed by atoms with Gasteiger partial charge in [0.1, 0.15) is 32.9 Å². The summed E-state index contributed by atoms with van der Waals surface area (Å²) in [6.45, 7) is 3.25. The van der Waals surface area contributed by atoms with Gasteiger partial charge in [-0.15, -0.1) is 11.3 Å². The highest BCUT2D eigenvalue weighted by Crippen LogP contribution is 2.35. The molecule has 3 aromatic heterocycles. The molecule has 0 radical (unpaired) electrons. The van der Waals surface area contributed by atoms with Gasteiger partial charge in [0, 0.05) is 6.20 Å². The second kappa shape index (κ2) is 9.08. The van der Waals surface area contributed by atoms with E-state index in [0.29, 0.717) is 11.1 Å². The molecule has 0 aliphatic heterocycles. The monoisotopic (exact) mass is 519 g/mol. The summed E-state index contributed by atoms with van der Waals surface area (Å²) in [5.41, 5.74) is 3.25. The van der Waals surface area contributed by atoms with Gasteiger partial charge >= 0.3 is 6.18 Å². The number of hydrogen-bond acceptors (Lipinski definition) is 8. The molecule has 0 fully saturated rings. The number of anilines is 2. The summed E-state index contributed by atoms with van der Waals surface area (Å²) in [6.07, 6.45) is -1.61. The number of nitrogens with one attached hydrogen (secondary N) is 2. The molecule has 3 heterocycles. The fourth-order valence-corrected chi connectivity index (χ4v) is 3.77. The molecule has 0 bridgehead atoms. The third-order valence-electron chi connectivity index (χ3n) is 4.12. The highest BCUT2D eigenvalue weighted by atomic mass is 35.5. The van der Waals surface area contributed by atoms with E-state index in [1.54, 1.807) is 13.8 Å². The molecule has 9 nitrogen and oxygen atoms in total. The number of alkyl halides is 3. The second-order valence-corrected chi connectivity index (χ2v) is 8.85. The molecule has 174 valence electrons. The lowest BCUT2D eigenvalue weighted by Gasteiger charge is -2.23. The van der Waals surface area contributed by atoms with Crippen LogP contribution in [-0.4, -0.2) is 31.8 Å². The van der Waals surface area contributed by atoms with E-state index in [1.807, 2.05) is 0 Å². The molecule has 0 saturated carbocycles. The van der Waals surface area contributed by atoms with E-state index in [2.05, 4.69) is 30.6 Å². The first-order chi connectivity index (χ1) is 15.3. The number of aromatic nitrogens is 4. The minimum absolute atomic E-state index is 0.0627. The number of carbonyl (C=O) groups excluding carboxylic acids is 2. The minimum Gasteiger partial charge on any atom is -0.382 e. The second-order valence-electron chi connectivity index (χ2n) is 7.03. The zero-order valence-corrected chi connectivity index (χ0v) is 19.1. The van der Waals surface area contributed by atoms with Gasteiger partial charge in [-0.2, -0.15) is 13.2 Å². The van der Waals surface area contributed by atoms with Crippen molar-refractivity contribution in [1.29, 1.82) is 0 Å². The fraction of sp³-hybridized carbons (Fsp3) is 0.222. The normalized spacial score (nSPS) is 11.8. The quantitative estimate of drug-likeness (QED) is 0.460. The van der Waals surface area contributed by atoms with Crippen molar-refractivity contribution < 1.29 is 22.8 Å². The minimum atomic E-state index is -4.71. The van der Waals surface area contributed by atoms with Gasteiger partial charge in [-0.1, -0.05) is 23.2 Å². The first-order valence-electron chi connectivity index (χ1n) is 8.88. The van der Waals surface area contributed by atoms with Crippen LogP contribution in [0.15, 0.2) is 24.8 Å². The van der Waals surface area contributed by atoms with Crippen LogP contribution in [0.25, 0.3) is 0 Å². The maximum atomic E-state index is 13.0. The molecule has 15 heteroatoms. The van der Waals surface area contributed by atoms with E-state index >= 15 is 0 Å². The van der Waals surface area contributed by atoms with Crippen molar-refractivity contribution in [2.75, 3.05) is 11.1 Å². The van der Waals surface area contributed by atoms with Gasteiger partial charge < -0.3 is 16.4 Å². The van der Waals surface area contributed by atoms with Crippen LogP contribution in [0.2, 0.25) is 10.0 Å². The van der Waals surface area contributed by atoms with Crippen molar-refractivity contribution in [2.45, 2.75) is 25.6 Å². The van der Waals surface area contributed by atoms with Crippen molar-refractivity contribution in [3.8, 4) is 0 Å². The molecule has 0 spiro atoms. The average molecular weight is 520 g/mol. The number of halogens is 5. The van der Waals surface area contributed by atoms with Crippen LogP contribution in [0.3, 0.4) is 0 Å². The summed E-state index contributed by atoms with van der Waals surface area (Å²) >= 11 is 12.4. The van der Waals surface area contributed by atoms with Crippen LogP contribution in [0, 0.1) is 0 Å². The maximum absolute atomic E-state index is 13.0. The third kappa shape index (κ3) is 5.49. The zero-order chi connectivity index (χ0) is 24.6. The number of nitrogen functional groups attached to an aromatic ring is 1. The maximum Gasteiger partial charge on any atom is 0.418 e. The predicted octanol–water partition coefficient (Wildman–Crippen LogP) is 4.15. The molecule has 4 N–H and O–H groups in total. The van der Waals surface area contributed by atoms with Crippen molar-refractivity contribution in [2.24, 2.45) is 0 Å². The molecule has 0 saturated heterocycles. The predicted molar refractivity (Wildman–Crippen MR) is 116 cm³/mol. The Kier molecular flexibility index (Phi) is 6.77. The number of nitrogens with two attached hydrogens (primary N) is 1. The van der Waals surface area contributed by atoms with Crippen molar-refractivity contribution in [1.82, 2.24) is 25.3 Å². The molecule has 3 rings (SSSR count). The highest BCUT2D eigenvalue weighted by molar-refractivity contribution is 7.13. The number of rotatable bonds is 5. The van der Waals surface area contributed by atoms with E-state index in [9.17, 15) is 22.8 Å². The Morgan fingerprint density at radius 3 is 2.42 bits per heavy atom. The molecule has 0 aliphatic carbocycles. The average Bonchev–Trinajstić information content (AvgIpc) is 3.22. The topological polar surface area (TPSA) is 136 Å². The van der Waals surface area contributed by atoms with E-state index in [1.165, 1.54) is 6.20 Å². The Bertz CT molecular complexity index is 1230. The number of hydrogen-bond donors (Lipinski definition) is 3. The van der Waals surface area contributed by atoms with Gasteiger partial charge in [0.25, 0.3) is 11.8 Å². The molecule has 0 aromatic carbocycles. The largest absolute Gasteiger partial charge is 0.418 e. The number of nitrogens with zero attached hydrogens (tertiary/aromatic N) is 4. The first kappa shape index (κ1) is 24.6. The van der Waals surface area contributed by atoms with Crippen LogP contribution < -0.4 is 16.4 Å².